The molecule has 0 aromatic rings. The first-order valence-electron chi connectivity index (χ1n) is 3.59. The zero-order chi connectivity index (χ0) is 6.81. The van der Waals surface area contributed by atoms with Crippen LogP contribution in [-0.2, 0) is 0 Å². The van der Waals surface area contributed by atoms with Gasteiger partial charge in [0.15, 0.2) is 6.29 Å². The molecular formula is C7H10N3. The molecule has 1 N–H and O–H groups in total. The second-order valence-corrected chi connectivity index (χ2v) is 2.60. The minimum Gasteiger partial charge on any atom is -0.274 e. The van der Waals surface area contributed by atoms with Gasteiger partial charge in [0, 0.05) is 18.5 Å². The summed E-state index contributed by atoms with van der Waals surface area (Å²) in [6.45, 7) is 0. The Morgan fingerprint density at radius 2 is 2.30 bits per heavy atom. The van der Waals surface area contributed by atoms with Gasteiger partial charge in [0.05, 0.1) is 0 Å². The van der Waals surface area contributed by atoms with Gasteiger partial charge < -0.3 is 0 Å². The molecule has 1 saturated carbocycles. The molecule has 0 spiro atoms. The summed E-state index contributed by atoms with van der Waals surface area (Å²) >= 11 is 0. The number of nitrogens with zero attached hydrogens (tertiary/aromatic N) is 2. The highest BCUT2D eigenvalue weighted by Crippen LogP contribution is 2.19. The Hall–Kier alpha value is -0.830. The van der Waals surface area contributed by atoms with Crippen molar-refractivity contribution in [2.45, 2.75) is 25.2 Å². The SMILES string of the molecule is C1=C[N]C(NC2CC2)N=C1. The predicted molar refractivity (Wildman–Crippen MR) is 39.7 cm³/mol. The van der Waals surface area contributed by atoms with E-state index < -0.39 is 0 Å². The van der Waals surface area contributed by atoms with E-state index in [1.807, 2.05) is 6.08 Å². The van der Waals surface area contributed by atoms with Gasteiger partial charge in [-0.3, -0.25) is 15.6 Å². The van der Waals surface area contributed by atoms with Crippen LogP contribution in [0.15, 0.2) is 17.3 Å². The number of hydrogen-bond donors (Lipinski definition) is 1. The molecule has 3 heteroatoms. The smallest absolute Gasteiger partial charge is 0.193 e. The summed E-state index contributed by atoms with van der Waals surface area (Å²) in [6, 6.07) is 0.678. The van der Waals surface area contributed by atoms with Gasteiger partial charge in [-0.05, 0) is 18.9 Å². The van der Waals surface area contributed by atoms with Gasteiger partial charge >= 0.3 is 0 Å². The second-order valence-electron chi connectivity index (χ2n) is 2.60. The van der Waals surface area contributed by atoms with E-state index in [1.54, 1.807) is 12.4 Å². The maximum absolute atomic E-state index is 4.12. The van der Waals surface area contributed by atoms with E-state index in [4.69, 9.17) is 0 Å². The molecule has 0 saturated heterocycles. The summed E-state index contributed by atoms with van der Waals surface area (Å²) < 4.78 is 0. The summed E-state index contributed by atoms with van der Waals surface area (Å²) in [5.74, 6) is 0. The van der Waals surface area contributed by atoms with Crippen LogP contribution in [0.4, 0.5) is 0 Å². The largest absolute Gasteiger partial charge is 0.274 e. The Kier molecular flexibility index (Phi) is 1.43. The first kappa shape index (κ1) is 5.92. The summed E-state index contributed by atoms with van der Waals surface area (Å²) in [4.78, 5) is 4.12. The highest BCUT2D eigenvalue weighted by molar-refractivity contribution is 5.71. The average molecular weight is 136 g/mol. The van der Waals surface area contributed by atoms with E-state index in [0.717, 1.165) is 0 Å². The minimum absolute atomic E-state index is 0.00231. The lowest BCUT2D eigenvalue weighted by Crippen LogP contribution is -2.36. The molecule has 3 nitrogen and oxygen atoms in total. The molecule has 0 amide bonds. The van der Waals surface area contributed by atoms with Crippen molar-refractivity contribution < 1.29 is 0 Å². The number of hydrogen-bond acceptors (Lipinski definition) is 2. The summed E-state index contributed by atoms with van der Waals surface area (Å²) in [7, 11) is 0. The third kappa shape index (κ3) is 1.36. The Morgan fingerprint density at radius 1 is 1.40 bits per heavy atom. The molecule has 53 valence electrons. The third-order valence-electron chi connectivity index (χ3n) is 1.59. The molecule has 0 aromatic carbocycles. The van der Waals surface area contributed by atoms with Gasteiger partial charge in [-0.1, -0.05) is 0 Å². The maximum atomic E-state index is 4.12. The molecule has 2 aliphatic rings. The van der Waals surface area contributed by atoms with E-state index in [1.165, 1.54) is 12.8 Å². The van der Waals surface area contributed by atoms with Crippen LogP contribution < -0.4 is 10.6 Å². The lowest BCUT2D eigenvalue weighted by molar-refractivity contribution is 0.477. The van der Waals surface area contributed by atoms with Crippen molar-refractivity contribution in [2.75, 3.05) is 0 Å². The quantitative estimate of drug-likeness (QED) is 0.579. The van der Waals surface area contributed by atoms with Crippen molar-refractivity contribution in [1.29, 1.82) is 0 Å². The first-order valence-corrected chi connectivity index (χ1v) is 3.59. The maximum Gasteiger partial charge on any atom is 0.193 e. The minimum atomic E-state index is -0.00231. The zero-order valence-corrected chi connectivity index (χ0v) is 5.70. The number of aliphatic imine (C=N–C) groups is 1. The highest BCUT2D eigenvalue weighted by Gasteiger charge is 2.24. The van der Waals surface area contributed by atoms with E-state index in [0.29, 0.717) is 6.04 Å². The van der Waals surface area contributed by atoms with Gasteiger partial charge in [0.2, 0.25) is 0 Å². The second kappa shape index (κ2) is 2.42. The molecule has 10 heavy (non-hydrogen) atoms. The fourth-order valence-electron chi connectivity index (χ4n) is 0.886. The van der Waals surface area contributed by atoms with Crippen LogP contribution in [0.3, 0.4) is 0 Å². The molecule has 1 unspecified atom stereocenters. The van der Waals surface area contributed by atoms with Crippen LogP contribution in [-0.4, -0.2) is 18.5 Å². The van der Waals surface area contributed by atoms with Crippen molar-refractivity contribution in [3.8, 4) is 0 Å². The highest BCUT2D eigenvalue weighted by atomic mass is 15.3. The van der Waals surface area contributed by atoms with E-state index >= 15 is 0 Å². The molecular weight excluding hydrogens is 126 g/mol. The normalized spacial score (nSPS) is 30.2. The monoisotopic (exact) mass is 136 g/mol. The summed E-state index contributed by atoms with van der Waals surface area (Å²) in [6.07, 6.45) is 7.97. The van der Waals surface area contributed by atoms with Crippen LogP contribution in [0.2, 0.25) is 0 Å². The number of rotatable bonds is 2. The van der Waals surface area contributed by atoms with Crippen LogP contribution in [0, 0.1) is 0 Å². The van der Waals surface area contributed by atoms with Crippen LogP contribution >= 0.6 is 0 Å². The van der Waals surface area contributed by atoms with Gasteiger partial charge in [0.25, 0.3) is 0 Å². The molecule has 1 fully saturated rings. The fraction of sp³-hybridized carbons (Fsp3) is 0.571. The number of nitrogens with one attached hydrogen (secondary N) is 1. The molecule has 1 heterocycles. The van der Waals surface area contributed by atoms with E-state index in [9.17, 15) is 0 Å². The standard InChI is InChI=1S/C7H10N3/c1-4-8-7(9-5-1)10-6-2-3-6/h1,4-7,10H,2-3H2. The number of allylic oxidation sites excluding steroid dienone is 1. The fourth-order valence-corrected chi connectivity index (χ4v) is 0.886. The third-order valence-corrected chi connectivity index (χ3v) is 1.59. The van der Waals surface area contributed by atoms with Gasteiger partial charge in [0.1, 0.15) is 0 Å². The Bertz CT molecular complexity index is 170. The van der Waals surface area contributed by atoms with Crippen molar-refractivity contribution in [1.82, 2.24) is 10.6 Å². The molecule has 1 aliphatic carbocycles. The lowest BCUT2D eigenvalue weighted by Gasteiger charge is -2.12. The molecule has 2 rings (SSSR count). The molecule has 1 aliphatic heterocycles. The van der Waals surface area contributed by atoms with E-state index in [-0.39, 0.29) is 6.29 Å². The molecule has 1 atom stereocenters. The van der Waals surface area contributed by atoms with Crippen molar-refractivity contribution >= 4 is 6.21 Å². The van der Waals surface area contributed by atoms with Crippen LogP contribution in [0.1, 0.15) is 12.8 Å². The Balaban J connectivity index is 1.81. The van der Waals surface area contributed by atoms with E-state index in [2.05, 4.69) is 15.6 Å². The van der Waals surface area contributed by atoms with Crippen molar-refractivity contribution in [3.05, 3.63) is 12.3 Å². The van der Waals surface area contributed by atoms with Gasteiger partial charge in [-0.25, -0.2) is 0 Å². The summed E-state index contributed by atoms with van der Waals surface area (Å²) in [5, 5.41) is 7.40. The van der Waals surface area contributed by atoms with Crippen LogP contribution in [0.25, 0.3) is 0 Å². The predicted octanol–water partition coefficient (Wildman–Crippen LogP) is 0.224. The van der Waals surface area contributed by atoms with Gasteiger partial charge in [-0.15, -0.1) is 0 Å². The topological polar surface area (TPSA) is 38.5 Å². The van der Waals surface area contributed by atoms with Crippen LogP contribution in [0.5, 0.6) is 0 Å². The van der Waals surface area contributed by atoms with Gasteiger partial charge in [-0.2, -0.15) is 0 Å². The molecule has 0 aromatic heterocycles. The Labute approximate surface area is 60.2 Å². The average Bonchev–Trinajstić information content (AvgIpc) is 2.74. The molecule has 1 radical (unpaired) electrons. The Morgan fingerprint density at radius 3 is 2.90 bits per heavy atom. The molecule has 0 bridgehead atoms. The summed E-state index contributed by atoms with van der Waals surface area (Å²) in [5.41, 5.74) is 0. The lowest BCUT2D eigenvalue weighted by atomic mass is 10.5. The van der Waals surface area contributed by atoms with Crippen molar-refractivity contribution in [3.63, 3.8) is 0 Å². The first-order chi connectivity index (χ1) is 4.95. The zero-order valence-electron chi connectivity index (χ0n) is 5.70. The van der Waals surface area contributed by atoms with Crippen molar-refractivity contribution in [2.24, 2.45) is 4.99 Å².